The zero-order valence-electron chi connectivity index (χ0n) is 8.03. The number of carbonyl (C=O) groups is 1. The van der Waals surface area contributed by atoms with Gasteiger partial charge in [-0.05, 0) is 6.92 Å². The maximum absolute atomic E-state index is 11.0. The van der Waals surface area contributed by atoms with Crippen LogP contribution in [0.5, 0.6) is 0 Å². The summed E-state index contributed by atoms with van der Waals surface area (Å²) in [5.74, 6) is -0.625. The number of oxime groups is 2. The average Bonchev–Trinajstić information content (AvgIpc) is 2.13. The number of rotatable bonds is 4. The average molecular weight is 188 g/mol. The van der Waals surface area contributed by atoms with Crippen molar-refractivity contribution in [1.29, 1.82) is 0 Å². The molecule has 0 aromatic rings. The van der Waals surface area contributed by atoms with Crippen LogP contribution >= 0.6 is 0 Å². The minimum Gasteiger partial charge on any atom is -0.464 e. The number of hydrogen-bond donors (Lipinski definition) is 0. The molecule has 13 heavy (non-hydrogen) atoms. The van der Waals surface area contributed by atoms with Gasteiger partial charge in [0.1, 0.15) is 19.9 Å². The van der Waals surface area contributed by atoms with E-state index >= 15 is 0 Å². The van der Waals surface area contributed by atoms with E-state index < -0.39 is 5.97 Å². The summed E-state index contributed by atoms with van der Waals surface area (Å²) in [6, 6.07) is 0. The van der Waals surface area contributed by atoms with E-state index in [1.54, 1.807) is 6.92 Å². The Morgan fingerprint density at radius 1 is 1.08 bits per heavy atom. The molecule has 0 amide bonds. The first kappa shape index (κ1) is 11.4. The molecule has 74 valence electrons. The van der Waals surface area contributed by atoms with Crippen molar-refractivity contribution in [2.75, 3.05) is 21.3 Å². The summed E-state index contributed by atoms with van der Waals surface area (Å²) in [6.07, 6.45) is 0. The summed E-state index contributed by atoms with van der Waals surface area (Å²) < 4.78 is 4.45. The van der Waals surface area contributed by atoms with E-state index in [-0.39, 0.29) is 11.4 Å². The van der Waals surface area contributed by atoms with Crippen molar-refractivity contribution in [3.63, 3.8) is 0 Å². The van der Waals surface area contributed by atoms with Gasteiger partial charge in [-0.1, -0.05) is 10.3 Å². The molecule has 0 heterocycles. The smallest absolute Gasteiger partial charge is 0.362 e. The molecule has 0 saturated carbocycles. The van der Waals surface area contributed by atoms with E-state index in [9.17, 15) is 4.79 Å². The highest BCUT2D eigenvalue weighted by atomic mass is 16.6. The van der Waals surface area contributed by atoms with E-state index in [1.807, 2.05) is 0 Å². The Hall–Kier alpha value is -1.59. The Balaban J connectivity index is 4.72. The maximum Gasteiger partial charge on any atom is 0.362 e. The molecule has 0 N–H and O–H groups in total. The monoisotopic (exact) mass is 188 g/mol. The van der Waals surface area contributed by atoms with Crippen LogP contribution in [-0.4, -0.2) is 38.7 Å². The van der Waals surface area contributed by atoms with Crippen LogP contribution in [0.15, 0.2) is 10.3 Å². The number of carbonyl (C=O) groups excluding carboxylic acids is 1. The lowest BCUT2D eigenvalue weighted by atomic mass is 10.2. The van der Waals surface area contributed by atoms with Crippen LogP contribution in [0.25, 0.3) is 0 Å². The van der Waals surface area contributed by atoms with Gasteiger partial charge in [-0.15, -0.1) is 0 Å². The first-order chi connectivity index (χ1) is 6.17. The topological polar surface area (TPSA) is 69.5 Å². The molecule has 0 aromatic heterocycles. The number of nitrogens with zero attached hydrogens (tertiary/aromatic N) is 2. The van der Waals surface area contributed by atoms with Crippen molar-refractivity contribution in [1.82, 2.24) is 0 Å². The molecule has 0 aromatic carbocycles. The molecule has 0 fully saturated rings. The second kappa shape index (κ2) is 5.99. The van der Waals surface area contributed by atoms with Crippen molar-refractivity contribution in [2.24, 2.45) is 10.3 Å². The van der Waals surface area contributed by atoms with Gasteiger partial charge in [0, 0.05) is 0 Å². The fraction of sp³-hybridized carbons (Fsp3) is 0.571. The Kier molecular flexibility index (Phi) is 5.25. The highest BCUT2D eigenvalue weighted by Crippen LogP contribution is 1.90. The molecule has 0 bridgehead atoms. The highest BCUT2D eigenvalue weighted by molar-refractivity contribution is 6.65. The molecule has 0 atom stereocenters. The fourth-order valence-corrected chi connectivity index (χ4v) is 0.619. The molecule has 0 aliphatic heterocycles. The van der Waals surface area contributed by atoms with E-state index in [0.717, 1.165) is 0 Å². The molecule has 0 saturated heterocycles. The summed E-state index contributed by atoms with van der Waals surface area (Å²) in [4.78, 5) is 20.0. The second-order valence-corrected chi connectivity index (χ2v) is 1.97. The first-order valence-corrected chi connectivity index (χ1v) is 3.45. The van der Waals surface area contributed by atoms with Crippen LogP contribution in [0.1, 0.15) is 6.92 Å². The third-order valence-corrected chi connectivity index (χ3v) is 1.13. The lowest BCUT2D eigenvalue weighted by Gasteiger charge is -2.01. The molecule has 0 radical (unpaired) electrons. The predicted octanol–water partition coefficient (Wildman–Crippen LogP) is 0.184. The Morgan fingerprint density at radius 3 is 2.00 bits per heavy atom. The Morgan fingerprint density at radius 2 is 1.62 bits per heavy atom. The van der Waals surface area contributed by atoms with Crippen molar-refractivity contribution in [3.05, 3.63) is 0 Å². The largest absolute Gasteiger partial charge is 0.464 e. The lowest BCUT2D eigenvalue weighted by molar-refractivity contribution is -0.132. The number of hydrogen-bond acceptors (Lipinski definition) is 6. The summed E-state index contributed by atoms with van der Waals surface area (Å²) in [5, 5.41) is 6.96. The van der Waals surface area contributed by atoms with Gasteiger partial charge in [-0.25, -0.2) is 4.79 Å². The van der Waals surface area contributed by atoms with Gasteiger partial charge in [0.2, 0.25) is 5.71 Å². The highest BCUT2D eigenvalue weighted by Gasteiger charge is 2.16. The van der Waals surface area contributed by atoms with E-state index in [0.29, 0.717) is 0 Å². The van der Waals surface area contributed by atoms with Crippen molar-refractivity contribution in [2.45, 2.75) is 6.92 Å². The molecule has 0 aliphatic rings. The molecular weight excluding hydrogens is 176 g/mol. The minimum absolute atomic E-state index is 0.0214. The van der Waals surface area contributed by atoms with E-state index in [4.69, 9.17) is 0 Å². The lowest BCUT2D eigenvalue weighted by Crippen LogP contribution is -2.23. The SMILES string of the molecule is CON=C(C)C(=NOC)C(=O)OC. The normalized spacial score (nSPS) is 12.3. The van der Waals surface area contributed by atoms with Crippen LogP contribution in [-0.2, 0) is 19.2 Å². The predicted molar refractivity (Wildman–Crippen MR) is 46.6 cm³/mol. The number of ether oxygens (including phenoxy) is 1. The van der Waals surface area contributed by atoms with Crippen LogP contribution in [0.4, 0.5) is 0 Å². The van der Waals surface area contributed by atoms with Crippen molar-refractivity contribution < 1.29 is 19.2 Å². The van der Waals surface area contributed by atoms with Gasteiger partial charge in [0.15, 0.2) is 0 Å². The summed E-state index contributed by atoms with van der Waals surface area (Å²) in [7, 11) is 3.93. The molecule has 0 unspecified atom stereocenters. The first-order valence-electron chi connectivity index (χ1n) is 3.45. The zero-order valence-corrected chi connectivity index (χ0v) is 8.03. The molecule has 0 rings (SSSR count). The van der Waals surface area contributed by atoms with Gasteiger partial charge in [-0.2, -0.15) is 0 Å². The third-order valence-electron chi connectivity index (χ3n) is 1.13. The van der Waals surface area contributed by atoms with Crippen molar-refractivity contribution >= 4 is 17.4 Å². The quantitative estimate of drug-likeness (QED) is 0.358. The van der Waals surface area contributed by atoms with Gasteiger partial charge in [-0.3, -0.25) is 0 Å². The molecule has 0 spiro atoms. The fourth-order valence-electron chi connectivity index (χ4n) is 0.619. The Bertz CT molecular complexity index is 235. The zero-order chi connectivity index (χ0) is 10.3. The van der Waals surface area contributed by atoms with Crippen LogP contribution < -0.4 is 0 Å². The van der Waals surface area contributed by atoms with E-state index in [1.165, 1.54) is 21.3 Å². The standard InChI is InChI=1S/C7H12N2O4/c1-5(8-12-3)6(9-13-4)7(10)11-2/h1-4H3. The minimum atomic E-state index is -0.625. The van der Waals surface area contributed by atoms with Gasteiger partial charge >= 0.3 is 5.97 Å². The maximum atomic E-state index is 11.0. The number of methoxy groups -OCH3 is 1. The molecule has 0 aliphatic carbocycles. The summed E-state index contributed by atoms with van der Waals surface area (Å²) >= 11 is 0. The van der Waals surface area contributed by atoms with Gasteiger partial charge < -0.3 is 14.4 Å². The molecule has 6 heteroatoms. The Labute approximate surface area is 76.1 Å². The molecule has 6 nitrogen and oxygen atoms in total. The molecular formula is C7H12N2O4. The number of esters is 1. The third kappa shape index (κ3) is 3.55. The van der Waals surface area contributed by atoms with Gasteiger partial charge in [0.05, 0.1) is 7.11 Å². The van der Waals surface area contributed by atoms with Crippen molar-refractivity contribution in [3.8, 4) is 0 Å². The van der Waals surface area contributed by atoms with Crippen LogP contribution in [0, 0.1) is 0 Å². The van der Waals surface area contributed by atoms with Crippen LogP contribution in [0.2, 0.25) is 0 Å². The summed E-state index contributed by atoms with van der Waals surface area (Å²) in [5.41, 5.74) is 0.267. The van der Waals surface area contributed by atoms with Crippen LogP contribution in [0.3, 0.4) is 0 Å². The summed E-state index contributed by atoms with van der Waals surface area (Å²) in [6.45, 7) is 1.55. The van der Waals surface area contributed by atoms with Gasteiger partial charge in [0.25, 0.3) is 0 Å². The van der Waals surface area contributed by atoms with E-state index in [2.05, 4.69) is 24.7 Å². The second-order valence-electron chi connectivity index (χ2n) is 1.97.